The van der Waals surface area contributed by atoms with Gasteiger partial charge in [-0.15, -0.1) is 0 Å². The van der Waals surface area contributed by atoms with E-state index in [1.807, 2.05) is 24.0 Å². The molecular weight excluding hydrogens is 343 g/mol. The SMILES string of the molecule is CCn1nccc1C(=O)N1CCCN(Cc2ccc(F)cc2)[C@H](C(C)C)C1. The number of aromatic nitrogens is 2. The maximum atomic E-state index is 13.2. The Labute approximate surface area is 160 Å². The van der Waals surface area contributed by atoms with Gasteiger partial charge in [0.2, 0.25) is 0 Å². The Hall–Kier alpha value is -2.21. The number of carbonyl (C=O) groups is 1. The first kappa shape index (κ1) is 19.5. The summed E-state index contributed by atoms with van der Waals surface area (Å²) in [6, 6.07) is 8.79. The van der Waals surface area contributed by atoms with E-state index in [1.54, 1.807) is 16.9 Å². The van der Waals surface area contributed by atoms with E-state index in [1.165, 1.54) is 12.1 Å². The van der Waals surface area contributed by atoms with Crippen molar-refractivity contribution < 1.29 is 9.18 Å². The summed E-state index contributed by atoms with van der Waals surface area (Å²) in [4.78, 5) is 17.5. The van der Waals surface area contributed by atoms with Crippen LogP contribution in [0.4, 0.5) is 4.39 Å². The third-order valence-electron chi connectivity index (χ3n) is 5.34. The second-order valence-corrected chi connectivity index (χ2v) is 7.55. The molecule has 1 aliphatic rings. The molecule has 1 aliphatic heterocycles. The maximum absolute atomic E-state index is 13.2. The first-order chi connectivity index (χ1) is 13.0. The van der Waals surface area contributed by atoms with Crippen molar-refractivity contribution in [1.82, 2.24) is 19.6 Å². The summed E-state index contributed by atoms with van der Waals surface area (Å²) in [5.41, 5.74) is 1.76. The molecule has 0 spiro atoms. The molecule has 2 aromatic rings. The molecule has 1 saturated heterocycles. The van der Waals surface area contributed by atoms with Gasteiger partial charge in [0.1, 0.15) is 11.5 Å². The largest absolute Gasteiger partial charge is 0.336 e. The third-order valence-corrected chi connectivity index (χ3v) is 5.34. The molecule has 6 heteroatoms. The molecule has 0 bridgehead atoms. The summed E-state index contributed by atoms with van der Waals surface area (Å²) in [7, 11) is 0. The first-order valence-corrected chi connectivity index (χ1v) is 9.79. The van der Waals surface area contributed by atoms with E-state index in [-0.39, 0.29) is 17.8 Å². The van der Waals surface area contributed by atoms with Gasteiger partial charge in [-0.2, -0.15) is 5.10 Å². The van der Waals surface area contributed by atoms with Gasteiger partial charge in [0.15, 0.2) is 0 Å². The molecule has 1 aromatic heterocycles. The zero-order valence-corrected chi connectivity index (χ0v) is 16.4. The Balaban J connectivity index is 1.76. The van der Waals surface area contributed by atoms with Crippen LogP contribution in [0.3, 0.4) is 0 Å². The Bertz CT molecular complexity index is 756. The number of nitrogens with zero attached hydrogens (tertiary/aromatic N) is 4. The van der Waals surface area contributed by atoms with Gasteiger partial charge < -0.3 is 4.90 Å². The molecule has 1 amide bonds. The molecular formula is C21H29FN4O. The predicted octanol–water partition coefficient (Wildman–Crippen LogP) is 3.41. The highest BCUT2D eigenvalue weighted by Crippen LogP contribution is 2.21. The molecule has 2 heterocycles. The fourth-order valence-electron chi connectivity index (χ4n) is 3.83. The highest BCUT2D eigenvalue weighted by atomic mass is 19.1. The zero-order chi connectivity index (χ0) is 19.4. The van der Waals surface area contributed by atoms with E-state index in [2.05, 4.69) is 23.8 Å². The molecule has 1 aromatic carbocycles. The van der Waals surface area contributed by atoms with Crippen LogP contribution in [-0.2, 0) is 13.1 Å². The van der Waals surface area contributed by atoms with Crippen LogP contribution in [0.15, 0.2) is 36.5 Å². The molecule has 0 radical (unpaired) electrons. The van der Waals surface area contributed by atoms with Crippen molar-refractivity contribution >= 4 is 5.91 Å². The molecule has 146 valence electrons. The molecule has 5 nitrogen and oxygen atoms in total. The van der Waals surface area contributed by atoms with Crippen LogP contribution < -0.4 is 0 Å². The lowest BCUT2D eigenvalue weighted by molar-refractivity contribution is 0.0690. The van der Waals surface area contributed by atoms with Crippen LogP contribution in [-0.4, -0.2) is 51.2 Å². The molecule has 1 fully saturated rings. The lowest BCUT2D eigenvalue weighted by Crippen LogP contribution is -2.45. The fourth-order valence-corrected chi connectivity index (χ4v) is 3.83. The van der Waals surface area contributed by atoms with E-state index < -0.39 is 0 Å². The van der Waals surface area contributed by atoms with Crippen LogP contribution in [0.1, 0.15) is 43.2 Å². The average Bonchev–Trinajstić information content (AvgIpc) is 3.03. The number of aryl methyl sites for hydroxylation is 1. The van der Waals surface area contributed by atoms with Gasteiger partial charge >= 0.3 is 0 Å². The van der Waals surface area contributed by atoms with Gasteiger partial charge in [-0.3, -0.25) is 14.4 Å². The van der Waals surface area contributed by atoms with Crippen molar-refractivity contribution in [2.24, 2.45) is 5.92 Å². The maximum Gasteiger partial charge on any atom is 0.272 e. The Kier molecular flexibility index (Phi) is 6.26. The van der Waals surface area contributed by atoms with Crippen molar-refractivity contribution in [3.63, 3.8) is 0 Å². The standard InChI is InChI=1S/C21H29FN4O/c1-4-26-19(10-11-23-26)21(27)25-13-5-12-24(20(15-25)16(2)3)14-17-6-8-18(22)9-7-17/h6-11,16,20H,4-5,12-15H2,1-3H3/t20-/m0/s1. The van der Waals surface area contributed by atoms with E-state index >= 15 is 0 Å². The number of hydrogen-bond donors (Lipinski definition) is 0. The molecule has 0 unspecified atom stereocenters. The minimum Gasteiger partial charge on any atom is -0.336 e. The first-order valence-electron chi connectivity index (χ1n) is 9.79. The summed E-state index contributed by atoms with van der Waals surface area (Å²) in [5.74, 6) is 0.262. The van der Waals surface area contributed by atoms with E-state index in [0.717, 1.165) is 31.6 Å². The van der Waals surface area contributed by atoms with Crippen LogP contribution in [0.2, 0.25) is 0 Å². The number of halogens is 1. The fraction of sp³-hybridized carbons (Fsp3) is 0.524. The second-order valence-electron chi connectivity index (χ2n) is 7.55. The lowest BCUT2D eigenvalue weighted by Gasteiger charge is -2.34. The second kappa shape index (κ2) is 8.65. The van der Waals surface area contributed by atoms with Crippen LogP contribution >= 0.6 is 0 Å². The molecule has 27 heavy (non-hydrogen) atoms. The zero-order valence-electron chi connectivity index (χ0n) is 16.4. The Morgan fingerprint density at radius 2 is 1.96 bits per heavy atom. The van der Waals surface area contributed by atoms with Gasteiger partial charge in [-0.1, -0.05) is 26.0 Å². The summed E-state index contributed by atoms with van der Waals surface area (Å²) < 4.78 is 15.0. The van der Waals surface area contributed by atoms with Gasteiger partial charge in [-0.05, 0) is 43.0 Å². The van der Waals surface area contributed by atoms with E-state index in [4.69, 9.17) is 0 Å². The van der Waals surface area contributed by atoms with Crippen molar-refractivity contribution in [1.29, 1.82) is 0 Å². The van der Waals surface area contributed by atoms with Crippen LogP contribution in [0, 0.1) is 11.7 Å². The van der Waals surface area contributed by atoms with Crippen molar-refractivity contribution in [2.75, 3.05) is 19.6 Å². The van der Waals surface area contributed by atoms with Crippen LogP contribution in [0.25, 0.3) is 0 Å². The number of carbonyl (C=O) groups excluding carboxylic acids is 1. The van der Waals surface area contributed by atoms with E-state index in [0.29, 0.717) is 24.7 Å². The highest BCUT2D eigenvalue weighted by Gasteiger charge is 2.30. The number of hydrogen-bond acceptors (Lipinski definition) is 3. The van der Waals surface area contributed by atoms with Crippen molar-refractivity contribution in [2.45, 2.75) is 46.3 Å². The van der Waals surface area contributed by atoms with Gasteiger partial charge in [-0.25, -0.2) is 4.39 Å². The molecule has 1 atom stereocenters. The van der Waals surface area contributed by atoms with Gasteiger partial charge in [0.05, 0.1) is 0 Å². The highest BCUT2D eigenvalue weighted by molar-refractivity contribution is 5.92. The van der Waals surface area contributed by atoms with Gasteiger partial charge in [0.25, 0.3) is 5.91 Å². The Morgan fingerprint density at radius 3 is 2.63 bits per heavy atom. The van der Waals surface area contributed by atoms with Crippen LogP contribution in [0.5, 0.6) is 0 Å². The monoisotopic (exact) mass is 372 g/mol. The number of amides is 1. The number of rotatable bonds is 5. The lowest BCUT2D eigenvalue weighted by atomic mass is 10.0. The average molecular weight is 372 g/mol. The Morgan fingerprint density at radius 1 is 1.22 bits per heavy atom. The quantitative estimate of drug-likeness (QED) is 0.808. The van der Waals surface area contributed by atoms with Gasteiger partial charge in [0, 0.05) is 45.0 Å². The van der Waals surface area contributed by atoms with Crippen molar-refractivity contribution in [3.8, 4) is 0 Å². The normalized spacial score (nSPS) is 18.7. The molecule has 0 saturated carbocycles. The van der Waals surface area contributed by atoms with Crippen molar-refractivity contribution in [3.05, 3.63) is 53.6 Å². The third kappa shape index (κ3) is 4.56. The minimum atomic E-state index is -0.209. The summed E-state index contributed by atoms with van der Waals surface area (Å²) >= 11 is 0. The molecule has 3 rings (SSSR count). The molecule has 0 N–H and O–H groups in total. The van der Waals surface area contributed by atoms with E-state index in [9.17, 15) is 9.18 Å². The smallest absolute Gasteiger partial charge is 0.272 e. The summed E-state index contributed by atoms with van der Waals surface area (Å²) in [5, 5.41) is 4.23. The summed E-state index contributed by atoms with van der Waals surface area (Å²) in [6.07, 6.45) is 2.62. The predicted molar refractivity (Wildman–Crippen MR) is 104 cm³/mol. The molecule has 0 aliphatic carbocycles. The minimum absolute atomic E-state index is 0.0589. The number of benzene rings is 1. The topological polar surface area (TPSA) is 41.4 Å². The summed E-state index contributed by atoms with van der Waals surface area (Å²) in [6.45, 7) is 10.2.